The predicted octanol–water partition coefficient (Wildman–Crippen LogP) is 2.70. The summed E-state index contributed by atoms with van der Waals surface area (Å²) < 4.78 is 24.5. The SMILES string of the molecule is NS(=O)(=O)c1ccc(-n2c(-c3ccccc3)nc3ccccc3c2=O)cc1. The summed E-state index contributed by atoms with van der Waals surface area (Å²) >= 11 is 0. The van der Waals surface area contributed by atoms with Gasteiger partial charge in [-0.3, -0.25) is 9.36 Å². The van der Waals surface area contributed by atoms with Crippen LogP contribution in [0.1, 0.15) is 0 Å². The van der Waals surface area contributed by atoms with Crippen LogP contribution in [0.4, 0.5) is 0 Å². The lowest BCUT2D eigenvalue weighted by Crippen LogP contribution is -2.22. The van der Waals surface area contributed by atoms with Crippen molar-refractivity contribution in [2.45, 2.75) is 4.90 Å². The van der Waals surface area contributed by atoms with Gasteiger partial charge in [0.25, 0.3) is 5.56 Å². The van der Waals surface area contributed by atoms with Gasteiger partial charge in [-0.25, -0.2) is 18.5 Å². The van der Waals surface area contributed by atoms with Crippen molar-refractivity contribution in [2.75, 3.05) is 0 Å². The average molecular weight is 377 g/mol. The molecule has 134 valence electrons. The lowest BCUT2D eigenvalue weighted by Gasteiger charge is -2.14. The van der Waals surface area contributed by atoms with Gasteiger partial charge in [0.05, 0.1) is 21.5 Å². The van der Waals surface area contributed by atoms with E-state index in [1.54, 1.807) is 30.3 Å². The molecule has 0 bridgehead atoms. The van der Waals surface area contributed by atoms with Crippen LogP contribution in [0.2, 0.25) is 0 Å². The summed E-state index contributed by atoms with van der Waals surface area (Å²) in [7, 11) is -3.81. The van der Waals surface area contributed by atoms with E-state index in [-0.39, 0.29) is 10.5 Å². The van der Waals surface area contributed by atoms with Gasteiger partial charge in [-0.15, -0.1) is 0 Å². The Bertz CT molecular complexity index is 1300. The molecule has 0 atom stereocenters. The maximum atomic E-state index is 13.2. The fraction of sp³-hybridized carbons (Fsp3) is 0. The quantitative estimate of drug-likeness (QED) is 0.594. The summed E-state index contributed by atoms with van der Waals surface area (Å²) in [6.07, 6.45) is 0. The highest BCUT2D eigenvalue weighted by atomic mass is 32.2. The van der Waals surface area contributed by atoms with E-state index in [9.17, 15) is 13.2 Å². The molecule has 0 amide bonds. The van der Waals surface area contributed by atoms with Crippen LogP contribution in [-0.4, -0.2) is 18.0 Å². The van der Waals surface area contributed by atoms with E-state index in [1.165, 1.54) is 16.7 Å². The van der Waals surface area contributed by atoms with Crippen molar-refractivity contribution in [3.8, 4) is 17.1 Å². The first-order valence-corrected chi connectivity index (χ1v) is 9.70. The second kappa shape index (κ2) is 6.46. The van der Waals surface area contributed by atoms with Crippen LogP contribution in [-0.2, 0) is 10.0 Å². The number of hydrogen-bond donors (Lipinski definition) is 1. The molecule has 6 nitrogen and oxygen atoms in total. The van der Waals surface area contributed by atoms with E-state index in [1.807, 2.05) is 36.4 Å². The Morgan fingerprint density at radius 1 is 0.815 bits per heavy atom. The van der Waals surface area contributed by atoms with Gasteiger partial charge in [0.15, 0.2) is 0 Å². The second-order valence-electron chi connectivity index (χ2n) is 6.00. The maximum absolute atomic E-state index is 13.2. The Kier molecular flexibility index (Phi) is 4.10. The summed E-state index contributed by atoms with van der Waals surface area (Å²) in [5.74, 6) is 0.475. The first kappa shape index (κ1) is 17.1. The molecule has 4 rings (SSSR count). The molecular formula is C20H15N3O3S. The topological polar surface area (TPSA) is 95.1 Å². The Labute approximate surface area is 155 Å². The van der Waals surface area contributed by atoms with Crippen LogP contribution in [0.5, 0.6) is 0 Å². The lowest BCUT2D eigenvalue weighted by atomic mass is 10.1. The summed E-state index contributed by atoms with van der Waals surface area (Å²) in [6, 6.07) is 22.3. The van der Waals surface area contributed by atoms with Gasteiger partial charge in [-0.1, -0.05) is 42.5 Å². The maximum Gasteiger partial charge on any atom is 0.266 e. The third-order valence-electron chi connectivity index (χ3n) is 4.23. The van der Waals surface area contributed by atoms with Crippen LogP contribution >= 0.6 is 0 Å². The molecule has 0 aliphatic heterocycles. The molecule has 0 aliphatic rings. The Morgan fingerprint density at radius 2 is 1.44 bits per heavy atom. The van der Waals surface area contributed by atoms with E-state index in [2.05, 4.69) is 4.98 Å². The van der Waals surface area contributed by atoms with Crippen LogP contribution < -0.4 is 10.7 Å². The molecular weight excluding hydrogens is 362 g/mol. The van der Waals surface area contributed by atoms with Gasteiger partial charge in [0, 0.05) is 5.56 Å². The number of rotatable bonds is 3. The van der Waals surface area contributed by atoms with Crippen LogP contribution in [0, 0.1) is 0 Å². The standard InChI is InChI=1S/C20H15N3O3S/c21-27(25,26)16-12-10-15(11-13-16)23-19(14-6-2-1-3-7-14)22-18-9-5-4-8-17(18)20(23)24/h1-13H,(H2,21,25,26). The zero-order chi connectivity index (χ0) is 19.0. The van der Waals surface area contributed by atoms with Gasteiger partial charge >= 0.3 is 0 Å². The van der Waals surface area contributed by atoms with E-state index < -0.39 is 10.0 Å². The van der Waals surface area contributed by atoms with Crippen molar-refractivity contribution in [3.05, 3.63) is 89.2 Å². The van der Waals surface area contributed by atoms with Crippen molar-refractivity contribution in [3.63, 3.8) is 0 Å². The minimum Gasteiger partial charge on any atom is -0.268 e. The highest BCUT2D eigenvalue weighted by Crippen LogP contribution is 2.22. The molecule has 0 unspecified atom stereocenters. The number of sulfonamides is 1. The molecule has 0 saturated carbocycles. The highest BCUT2D eigenvalue weighted by molar-refractivity contribution is 7.89. The van der Waals surface area contributed by atoms with Gasteiger partial charge < -0.3 is 0 Å². The Balaban J connectivity index is 2.04. The van der Waals surface area contributed by atoms with Crippen molar-refractivity contribution in [2.24, 2.45) is 5.14 Å². The van der Waals surface area contributed by atoms with E-state index >= 15 is 0 Å². The third-order valence-corrected chi connectivity index (χ3v) is 5.16. The predicted molar refractivity (Wildman–Crippen MR) is 104 cm³/mol. The molecule has 3 aromatic carbocycles. The summed E-state index contributed by atoms with van der Waals surface area (Å²) in [5, 5.41) is 5.64. The average Bonchev–Trinajstić information content (AvgIpc) is 2.68. The largest absolute Gasteiger partial charge is 0.268 e. The summed E-state index contributed by atoms with van der Waals surface area (Å²) in [5.41, 5.74) is 1.64. The van der Waals surface area contributed by atoms with Crippen molar-refractivity contribution in [1.29, 1.82) is 0 Å². The molecule has 0 spiro atoms. The summed E-state index contributed by atoms with van der Waals surface area (Å²) in [6.45, 7) is 0. The third kappa shape index (κ3) is 3.14. The number of fused-ring (bicyclic) bond motifs is 1. The minimum atomic E-state index is -3.81. The molecule has 7 heteroatoms. The fourth-order valence-electron chi connectivity index (χ4n) is 2.94. The smallest absolute Gasteiger partial charge is 0.266 e. The first-order valence-electron chi connectivity index (χ1n) is 8.15. The van der Waals surface area contributed by atoms with E-state index in [4.69, 9.17) is 5.14 Å². The number of nitrogens with zero attached hydrogens (tertiary/aromatic N) is 2. The molecule has 0 aliphatic carbocycles. The van der Waals surface area contributed by atoms with E-state index in [0.29, 0.717) is 22.4 Å². The van der Waals surface area contributed by atoms with Gasteiger partial charge in [0.2, 0.25) is 10.0 Å². The normalized spacial score (nSPS) is 11.6. The van der Waals surface area contributed by atoms with Gasteiger partial charge in [-0.05, 0) is 36.4 Å². The molecule has 1 aromatic heterocycles. The molecule has 0 radical (unpaired) electrons. The number of benzene rings is 3. The molecule has 27 heavy (non-hydrogen) atoms. The fourth-order valence-corrected chi connectivity index (χ4v) is 3.45. The summed E-state index contributed by atoms with van der Waals surface area (Å²) in [4.78, 5) is 17.8. The van der Waals surface area contributed by atoms with Crippen LogP contribution in [0.3, 0.4) is 0 Å². The zero-order valence-electron chi connectivity index (χ0n) is 14.1. The number of hydrogen-bond acceptors (Lipinski definition) is 4. The molecule has 0 fully saturated rings. The minimum absolute atomic E-state index is 0.0192. The zero-order valence-corrected chi connectivity index (χ0v) is 14.9. The molecule has 2 N–H and O–H groups in total. The Morgan fingerprint density at radius 3 is 2.11 bits per heavy atom. The number of aromatic nitrogens is 2. The number of nitrogens with two attached hydrogens (primary N) is 1. The monoisotopic (exact) mass is 377 g/mol. The van der Waals surface area contributed by atoms with Crippen molar-refractivity contribution in [1.82, 2.24) is 9.55 Å². The van der Waals surface area contributed by atoms with Crippen molar-refractivity contribution >= 4 is 20.9 Å². The van der Waals surface area contributed by atoms with Gasteiger partial charge in [0.1, 0.15) is 5.82 Å². The van der Waals surface area contributed by atoms with Crippen LogP contribution in [0.25, 0.3) is 28.0 Å². The van der Waals surface area contributed by atoms with Crippen LogP contribution in [0.15, 0.2) is 88.6 Å². The number of para-hydroxylation sites is 1. The molecule has 4 aromatic rings. The lowest BCUT2D eigenvalue weighted by molar-refractivity contribution is 0.598. The van der Waals surface area contributed by atoms with Crippen molar-refractivity contribution < 1.29 is 8.42 Å². The number of primary sulfonamides is 1. The van der Waals surface area contributed by atoms with Gasteiger partial charge in [-0.2, -0.15) is 0 Å². The molecule has 1 heterocycles. The second-order valence-corrected chi connectivity index (χ2v) is 7.56. The molecule has 0 saturated heterocycles. The highest BCUT2D eigenvalue weighted by Gasteiger charge is 2.15. The Hall–Kier alpha value is -3.29. The van der Waals surface area contributed by atoms with E-state index in [0.717, 1.165) is 5.56 Å². The first-order chi connectivity index (χ1) is 12.9.